The molecule has 164 valence electrons. The number of anilines is 1. The van der Waals surface area contributed by atoms with Crippen LogP contribution in [0.2, 0.25) is 0 Å². The Bertz CT molecular complexity index is 1300. The van der Waals surface area contributed by atoms with Crippen molar-refractivity contribution in [2.45, 2.75) is 9.75 Å². The Morgan fingerprint density at radius 1 is 0.818 bits per heavy atom. The predicted molar refractivity (Wildman–Crippen MR) is 120 cm³/mol. The maximum absolute atomic E-state index is 13.8. The second kappa shape index (κ2) is 6.34. The molecule has 1 N–H and O–H groups in total. The number of aromatic hydroxyl groups is 1. The molecule has 4 aliphatic rings. The van der Waals surface area contributed by atoms with Gasteiger partial charge in [0, 0.05) is 6.07 Å². The number of benzene rings is 3. The van der Waals surface area contributed by atoms with E-state index in [1.54, 1.807) is 0 Å². The van der Waals surface area contributed by atoms with Crippen LogP contribution in [0.5, 0.6) is 5.75 Å². The minimum atomic E-state index is -1.34. The van der Waals surface area contributed by atoms with Gasteiger partial charge in [0.1, 0.15) is 15.5 Å². The number of non-ortho nitro benzene ring substituents is 1. The summed E-state index contributed by atoms with van der Waals surface area (Å²) in [6.45, 7) is 0. The lowest BCUT2D eigenvalue weighted by Crippen LogP contribution is -2.57. The summed E-state index contributed by atoms with van der Waals surface area (Å²) >= 11 is 14.7. The van der Waals surface area contributed by atoms with Crippen molar-refractivity contribution in [1.82, 2.24) is 0 Å². The number of rotatable bonds is 2. The van der Waals surface area contributed by atoms with Gasteiger partial charge in [-0.05, 0) is 28.3 Å². The second-order valence-corrected chi connectivity index (χ2v) is 9.60. The molecule has 0 radical (unpaired) electrons. The molecule has 0 aromatic heterocycles. The molecule has 2 atom stereocenters. The number of phenols is 1. The summed E-state index contributed by atoms with van der Waals surface area (Å²) in [4.78, 5) is 36.2. The predicted octanol–water partition coefficient (Wildman–Crippen LogP) is 4.40. The summed E-state index contributed by atoms with van der Waals surface area (Å²) in [7, 11) is 0. The van der Waals surface area contributed by atoms with Crippen LogP contribution in [0.25, 0.3) is 0 Å². The first-order valence-corrected chi connectivity index (χ1v) is 10.9. The van der Waals surface area contributed by atoms with E-state index in [2.05, 4.69) is 0 Å². The highest BCUT2D eigenvalue weighted by molar-refractivity contribution is 6.38. The Hall–Kier alpha value is -3.42. The van der Waals surface area contributed by atoms with Crippen LogP contribution in [0.4, 0.5) is 11.4 Å². The van der Waals surface area contributed by atoms with Crippen LogP contribution in [-0.2, 0) is 19.3 Å². The van der Waals surface area contributed by atoms with E-state index in [4.69, 9.17) is 23.2 Å². The zero-order valence-electron chi connectivity index (χ0n) is 16.7. The van der Waals surface area contributed by atoms with E-state index in [0.29, 0.717) is 22.3 Å². The molecule has 3 aromatic carbocycles. The van der Waals surface area contributed by atoms with Gasteiger partial charge in [0.05, 0.1) is 28.5 Å². The molecule has 7 rings (SSSR count). The maximum Gasteiger partial charge on any atom is 0.273 e. The lowest BCUT2D eigenvalue weighted by molar-refractivity contribution is -0.384. The smallest absolute Gasteiger partial charge is 0.273 e. The molecular weight excluding hydrogens is 467 g/mol. The number of nitro benzene ring substituents is 1. The average molecular weight is 481 g/mol. The molecule has 0 saturated carbocycles. The summed E-state index contributed by atoms with van der Waals surface area (Å²) in [5.74, 6) is -3.83. The third kappa shape index (κ3) is 2.21. The van der Waals surface area contributed by atoms with Crippen molar-refractivity contribution in [1.29, 1.82) is 0 Å². The summed E-state index contributed by atoms with van der Waals surface area (Å²) in [6, 6.07) is 17.7. The lowest BCUT2D eigenvalue weighted by Gasteiger charge is -2.54. The minimum absolute atomic E-state index is 0.141. The minimum Gasteiger partial charge on any atom is -0.505 e. The molecule has 3 aromatic rings. The van der Waals surface area contributed by atoms with Crippen molar-refractivity contribution in [3.63, 3.8) is 0 Å². The number of hydrogen-bond donors (Lipinski definition) is 1. The molecule has 7 nitrogen and oxygen atoms in total. The first-order chi connectivity index (χ1) is 15.7. The van der Waals surface area contributed by atoms with Crippen LogP contribution in [0.15, 0.2) is 66.7 Å². The number of carbonyl (C=O) groups is 2. The van der Waals surface area contributed by atoms with E-state index in [1.165, 1.54) is 6.07 Å². The maximum atomic E-state index is 13.8. The fraction of sp³-hybridized carbons (Fsp3) is 0.167. The largest absolute Gasteiger partial charge is 0.505 e. The van der Waals surface area contributed by atoms with Gasteiger partial charge in [-0.1, -0.05) is 48.5 Å². The van der Waals surface area contributed by atoms with Crippen LogP contribution in [0.1, 0.15) is 22.3 Å². The van der Waals surface area contributed by atoms with Crippen LogP contribution in [-0.4, -0.2) is 21.8 Å². The number of nitrogens with zero attached hydrogens (tertiary/aromatic N) is 2. The van der Waals surface area contributed by atoms with Crippen molar-refractivity contribution < 1.29 is 19.6 Å². The third-order valence-electron chi connectivity index (χ3n) is 7.00. The first kappa shape index (κ1) is 20.2. The molecule has 2 amide bonds. The van der Waals surface area contributed by atoms with Gasteiger partial charge >= 0.3 is 0 Å². The fourth-order valence-electron chi connectivity index (χ4n) is 5.72. The number of phenolic OH excluding ortho intramolecular Hbond substituents is 1. The third-order valence-corrected chi connectivity index (χ3v) is 8.28. The number of alkyl halides is 2. The molecule has 33 heavy (non-hydrogen) atoms. The first-order valence-electron chi connectivity index (χ1n) is 10.2. The number of nitro groups is 1. The summed E-state index contributed by atoms with van der Waals surface area (Å²) < 4.78 is 0. The van der Waals surface area contributed by atoms with E-state index in [9.17, 15) is 24.8 Å². The van der Waals surface area contributed by atoms with Crippen molar-refractivity contribution >= 4 is 46.4 Å². The zero-order chi connectivity index (χ0) is 23.3. The van der Waals surface area contributed by atoms with Gasteiger partial charge in [0.15, 0.2) is 0 Å². The van der Waals surface area contributed by atoms with E-state index in [-0.39, 0.29) is 11.4 Å². The number of imide groups is 1. The van der Waals surface area contributed by atoms with E-state index in [0.717, 1.165) is 17.0 Å². The van der Waals surface area contributed by atoms with Crippen molar-refractivity contribution in [2.75, 3.05) is 4.90 Å². The molecule has 1 saturated heterocycles. The quantitative estimate of drug-likeness (QED) is 0.253. The Morgan fingerprint density at radius 3 is 1.61 bits per heavy atom. The number of halogens is 2. The van der Waals surface area contributed by atoms with Gasteiger partial charge < -0.3 is 5.11 Å². The molecule has 1 aliphatic heterocycles. The summed E-state index contributed by atoms with van der Waals surface area (Å²) in [5.41, 5.74) is 2.15. The highest BCUT2D eigenvalue weighted by Gasteiger charge is 2.73. The van der Waals surface area contributed by atoms with E-state index in [1.807, 2.05) is 48.5 Å². The van der Waals surface area contributed by atoms with Gasteiger partial charge in [-0.3, -0.25) is 19.7 Å². The number of carbonyl (C=O) groups excluding carboxylic acids is 2. The van der Waals surface area contributed by atoms with Crippen molar-refractivity contribution in [3.8, 4) is 5.75 Å². The topological polar surface area (TPSA) is 101 Å². The van der Waals surface area contributed by atoms with E-state index >= 15 is 0 Å². The molecule has 1 heterocycles. The van der Waals surface area contributed by atoms with Gasteiger partial charge in [0.2, 0.25) is 11.8 Å². The van der Waals surface area contributed by atoms with Crippen molar-refractivity contribution in [2.24, 2.45) is 11.8 Å². The van der Waals surface area contributed by atoms with Crippen molar-refractivity contribution in [3.05, 3.63) is 99.1 Å². The monoisotopic (exact) mass is 480 g/mol. The van der Waals surface area contributed by atoms with Gasteiger partial charge in [0.25, 0.3) is 5.69 Å². The van der Waals surface area contributed by atoms with Crippen LogP contribution < -0.4 is 4.90 Å². The lowest BCUT2D eigenvalue weighted by atomic mass is 9.54. The van der Waals surface area contributed by atoms with Gasteiger partial charge in [-0.2, -0.15) is 0 Å². The molecule has 0 spiro atoms. The highest BCUT2D eigenvalue weighted by atomic mass is 35.5. The number of amides is 2. The summed E-state index contributed by atoms with van der Waals surface area (Å²) in [6.07, 6.45) is 0. The SMILES string of the molecule is O=C1[C@@H]2[C@@H](C(=O)N1c1ccc([N+](=O)[O-])cc1O)C1(Cl)c3ccccc3C2(Cl)c2ccccc21. The zero-order valence-corrected chi connectivity index (χ0v) is 18.2. The standard InChI is InChI=1S/C24H14Cl2N2O5/c25-23-13-5-1-2-6-14(13)24(26,16-8-4-3-7-15(16)23)20-19(23)21(30)27(22(20)31)17-10-9-12(28(32)33)11-18(17)29/h1-11,19-20,29H/t19-,20-,23?,24?/m0/s1. The van der Waals surface area contributed by atoms with Gasteiger partial charge in [-0.25, -0.2) is 4.90 Å². The average Bonchev–Trinajstić information content (AvgIpc) is 3.08. The molecule has 9 heteroatoms. The number of hydrogen-bond acceptors (Lipinski definition) is 5. The van der Waals surface area contributed by atoms with E-state index < -0.39 is 44.1 Å². The molecule has 0 unspecified atom stereocenters. The Balaban J connectivity index is 1.61. The van der Waals surface area contributed by atoms with Crippen LogP contribution in [0, 0.1) is 22.0 Å². The fourth-order valence-corrected chi connectivity index (χ4v) is 6.82. The normalized spacial score (nSPS) is 29.0. The Morgan fingerprint density at radius 2 is 1.24 bits per heavy atom. The van der Waals surface area contributed by atoms with Crippen LogP contribution >= 0.6 is 23.2 Å². The molecule has 2 bridgehead atoms. The summed E-state index contributed by atoms with van der Waals surface area (Å²) in [5, 5.41) is 21.5. The second-order valence-electron chi connectivity index (χ2n) is 8.41. The molecule has 1 fully saturated rings. The Kier molecular flexibility index (Phi) is 3.88. The molecule has 3 aliphatic carbocycles. The highest BCUT2D eigenvalue weighted by Crippen LogP contribution is 2.69. The molecular formula is C24H14Cl2N2O5. The van der Waals surface area contributed by atoms with Gasteiger partial charge in [-0.15, -0.1) is 23.2 Å². The van der Waals surface area contributed by atoms with Crippen LogP contribution in [0.3, 0.4) is 0 Å². The Labute approximate surface area is 197 Å².